The summed E-state index contributed by atoms with van der Waals surface area (Å²) in [6, 6.07) is 15.6. The highest BCUT2D eigenvalue weighted by Crippen LogP contribution is 2.24. The molecule has 0 aliphatic carbocycles. The van der Waals surface area contributed by atoms with Gasteiger partial charge in [-0.3, -0.25) is 9.69 Å². The number of benzene rings is 2. The van der Waals surface area contributed by atoms with Crippen LogP contribution < -0.4 is 4.74 Å². The highest BCUT2D eigenvalue weighted by atomic mass is 32.2. The van der Waals surface area contributed by atoms with Gasteiger partial charge in [-0.1, -0.05) is 42.3 Å². The number of fused-ring (bicyclic) bond motifs is 1. The molecule has 2 heterocycles. The smallest absolute Gasteiger partial charge is 0.304 e. The fourth-order valence-corrected chi connectivity index (χ4v) is 4.83. The fourth-order valence-electron chi connectivity index (χ4n) is 4.31. The lowest BCUT2D eigenvalue weighted by atomic mass is 9.96. The molecule has 1 aromatic heterocycles. The molecule has 0 bridgehead atoms. The van der Waals surface area contributed by atoms with E-state index in [1.165, 1.54) is 0 Å². The van der Waals surface area contributed by atoms with Crippen molar-refractivity contribution < 1.29 is 23.1 Å². The molecular formula is C28H29N3O5S. The van der Waals surface area contributed by atoms with Crippen molar-refractivity contribution in [2.24, 2.45) is 0 Å². The molecule has 0 saturated carbocycles. The maximum atomic E-state index is 11.7. The van der Waals surface area contributed by atoms with Crippen molar-refractivity contribution in [1.82, 2.24) is 14.9 Å². The van der Waals surface area contributed by atoms with E-state index >= 15 is 0 Å². The lowest BCUT2D eigenvalue weighted by molar-refractivity contribution is -0.137. The number of carboxylic acid groups (broad SMARTS) is 1. The molecule has 1 aliphatic rings. The minimum absolute atomic E-state index is 0.0366. The number of carbonyl (C=O) groups is 1. The van der Waals surface area contributed by atoms with Gasteiger partial charge >= 0.3 is 5.97 Å². The number of carboxylic acids is 1. The fraction of sp³-hybridized carbons (Fsp3) is 0.321. The molecule has 1 aliphatic heterocycles. The summed E-state index contributed by atoms with van der Waals surface area (Å²) >= 11 is 0. The minimum atomic E-state index is -3.42. The number of rotatable bonds is 9. The predicted octanol–water partition coefficient (Wildman–Crippen LogP) is 3.60. The Hall–Kier alpha value is -3.74. The first-order chi connectivity index (χ1) is 17.7. The summed E-state index contributed by atoms with van der Waals surface area (Å²) in [5.74, 6) is 5.24. The summed E-state index contributed by atoms with van der Waals surface area (Å²) in [5, 5.41) is 9.01. The molecule has 37 heavy (non-hydrogen) atoms. The SMILES string of the molecule is CC#C[C@@H](CC(=O)O)c1ccc(OCc2cccc(CN3CCc4nc(S(C)(=O)=O)ncc4C3)c2)cc1. The maximum absolute atomic E-state index is 11.7. The first kappa shape index (κ1) is 26.3. The van der Waals surface area contributed by atoms with Gasteiger partial charge in [0.15, 0.2) is 0 Å². The molecule has 1 atom stereocenters. The summed E-state index contributed by atoms with van der Waals surface area (Å²) in [6.07, 6.45) is 3.39. The zero-order valence-electron chi connectivity index (χ0n) is 20.8. The van der Waals surface area contributed by atoms with E-state index in [1.54, 1.807) is 13.1 Å². The van der Waals surface area contributed by atoms with Gasteiger partial charge in [0.05, 0.1) is 18.0 Å². The van der Waals surface area contributed by atoms with Gasteiger partial charge in [-0.2, -0.15) is 0 Å². The van der Waals surface area contributed by atoms with E-state index in [4.69, 9.17) is 9.84 Å². The molecule has 3 aromatic rings. The van der Waals surface area contributed by atoms with Crippen LogP contribution in [0.4, 0.5) is 0 Å². The topological polar surface area (TPSA) is 110 Å². The molecule has 8 nitrogen and oxygen atoms in total. The molecule has 0 unspecified atom stereocenters. The molecule has 1 N–H and O–H groups in total. The van der Waals surface area contributed by atoms with Crippen molar-refractivity contribution in [2.45, 2.75) is 50.5 Å². The molecule has 2 aromatic carbocycles. The molecule has 192 valence electrons. The molecule has 0 saturated heterocycles. The predicted molar refractivity (Wildman–Crippen MR) is 139 cm³/mol. The zero-order chi connectivity index (χ0) is 26.4. The van der Waals surface area contributed by atoms with Crippen LogP contribution in [-0.4, -0.2) is 47.2 Å². The Kier molecular flexibility index (Phi) is 8.21. The second kappa shape index (κ2) is 11.5. The first-order valence-electron chi connectivity index (χ1n) is 11.9. The van der Waals surface area contributed by atoms with E-state index in [0.717, 1.165) is 47.3 Å². The van der Waals surface area contributed by atoms with Gasteiger partial charge in [0.2, 0.25) is 15.0 Å². The summed E-state index contributed by atoms with van der Waals surface area (Å²) in [4.78, 5) is 21.7. The minimum Gasteiger partial charge on any atom is -0.489 e. The molecule has 4 rings (SSSR count). The molecular weight excluding hydrogens is 490 g/mol. The quantitative estimate of drug-likeness (QED) is 0.337. The van der Waals surface area contributed by atoms with Crippen LogP contribution in [-0.2, 0) is 40.7 Å². The largest absolute Gasteiger partial charge is 0.489 e. The second-order valence-corrected chi connectivity index (χ2v) is 11.0. The molecule has 9 heteroatoms. The Morgan fingerprint density at radius 3 is 2.65 bits per heavy atom. The van der Waals surface area contributed by atoms with E-state index < -0.39 is 15.8 Å². The second-order valence-electron chi connectivity index (χ2n) is 9.08. The van der Waals surface area contributed by atoms with E-state index in [9.17, 15) is 13.2 Å². The highest BCUT2D eigenvalue weighted by molar-refractivity contribution is 7.90. The van der Waals surface area contributed by atoms with Gasteiger partial charge in [0.1, 0.15) is 12.4 Å². The summed E-state index contributed by atoms with van der Waals surface area (Å²) in [6.45, 7) is 4.31. The van der Waals surface area contributed by atoms with Gasteiger partial charge in [0, 0.05) is 44.1 Å². The lowest BCUT2D eigenvalue weighted by Crippen LogP contribution is -2.31. The number of nitrogens with zero attached hydrogens (tertiary/aromatic N) is 3. The summed E-state index contributed by atoms with van der Waals surface area (Å²) in [5.41, 5.74) is 4.81. The Labute approximate surface area is 217 Å². The average molecular weight is 520 g/mol. The van der Waals surface area contributed by atoms with Crippen LogP contribution in [0, 0.1) is 11.8 Å². The van der Waals surface area contributed by atoms with Crippen LogP contribution in [0.15, 0.2) is 59.9 Å². The van der Waals surface area contributed by atoms with E-state index in [2.05, 4.69) is 38.8 Å². The van der Waals surface area contributed by atoms with Crippen molar-refractivity contribution in [1.29, 1.82) is 0 Å². The average Bonchev–Trinajstić information content (AvgIpc) is 2.87. The number of hydrogen-bond donors (Lipinski definition) is 1. The van der Waals surface area contributed by atoms with E-state index in [1.807, 2.05) is 36.4 Å². The van der Waals surface area contributed by atoms with Gasteiger partial charge < -0.3 is 9.84 Å². The van der Waals surface area contributed by atoms with Crippen LogP contribution in [0.1, 0.15) is 47.2 Å². The Bertz CT molecular complexity index is 1440. The van der Waals surface area contributed by atoms with Crippen molar-refractivity contribution in [3.8, 4) is 17.6 Å². The molecule has 0 fully saturated rings. The monoisotopic (exact) mass is 519 g/mol. The number of ether oxygens (including phenoxy) is 1. The maximum Gasteiger partial charge on any atom is 0.304 e. The van der Waals surface area contributed by atoms with Gasteiger partial charge in [-0.15, -0.1) is 5.92 Å². The Morgan fingerprint density at radius 2 is 1.95 bits per heavy atom. The zero-order valence-corrected chi connectivity index (χ0v) is 21.7. The summed E-state index contributed by atoms with van der Waals surface area (Å²) in [7, 11) is -3.42. The van der Waals surface area contributed by atoms with Crippen LogP contribution in [0.2, 0.25) is 0 Å². The van der Waals surface area contributed by atoms with Crippen molar-refractivity contribution in [2.75, 3.05) is 12.8 Å². The standard InChI is InChI=1S/C28H29N3O5S/c1-3-5-23(15-27(32)33)22-8-10-25(11-9-22)36-19-21-7-4-6-20(14-21)17-31-13-12-26-24(18-31)16-29-28(30-26)37(2,34)35/h4,6-11,14,16,23H,12-13,15,17-19H2,1-2H3,(H,32,33)/t23-/m0/s1. The van der Waals surface area contributed by atoms with E-state index in [0.29, 0.717) is 25.3 Å². The number of sulfone groups is 1. The van der Waals surface area contributed by atoms with Gasteiger partial charge in [-0.05, 0) is 35.7 Å². The molecule has 0 spiro atoms. The van der Waals surface area contributed by atoms with Crippen molar-refractivity contribution in [3.63, 3.8) is 0 Å². The van der Waals surface area contributed by atoms with Crippen molar-refractivity contribution >= 4 is 15.8 Å². The number of aliphatic carboxylic acids is 1. The third-order valence-electron chi connectivity index (χ3n) is 6.11. The lowest BCUT2D eigenvalue weighted by Gasteiger charge is -2.28. The van der Waals surface area contributed by atoms with E-state index in [-0.39, 0.29) is 17.5 Å². The Balaban J connectivity index is 1.35. The number of aromatic nitrogens is 2. The molecule has 0 radical (unpaired) electrons. The third-order valence-corrected chi connectivity index (χ3v) is 6.97. The van der Waals surface area contributed by atoms with Crippen LogP contribution in [0.25, 0.3) is 0 Å². The van der Waals surface area contributed by atoms with Gasteiger partial charge in [0.25, 0.3) is 0 Å². The van der Waals surface area contributed by atoms with Crippen LogP contribution in [0.3, 0.4) is 0 Å². The number of hydrogen-bond acceptors (Lipinski definition) is 7. The van der Waals surface area contributed by atoms with Crippen LogP contribution >= 0.6 is 0 Å². The van der Waals surface area contributed by atoms with Gasteiger partial charge in [-0.25, -0.2) is 18.4 Å². The van der Waals surface area contributed by atoms with Crippen LogP contribution in [0.5, 0.6) is 5.75 Å². The normalized spacial score (nSPS) is 14.2. The highest BCUT2D eigenvalue weighted by Gasteiger charge is 2.21. The Morgan fingerprint density at radius 1 is 1.19 bits per heavy atom. The molecule has 0 amide bonds. The summed E-state index contributed by atoms with van der Waals surface area (Å²) < 4.78 is 29.4. The van der Waals surface area contributed by atoms with Crippen molar-refractivity contribution in [3.05, 3.63) is 82.7 Å². The first-order valence-corrected chi connectivity index (χ1v) is 13.8. The third kappa shape index (κ3) is 7.15.